The van der Waals surface area contributed by atoms with Crippen LogP contribution in [-0.2, 0) is 10.0 Å². The van der Waals surface area contributed by atoms with E-state index in [9.17, 15) is 13.2 Å². The Hall–Kier alpha value is -1.60. The Bertz CT molecular complexity index is 728. The quantitative estimate of drug-likeness (QED) is 0.849. The minimum atomic E-state index is -3.39. The number of unbranched alkanes of at least 4 members (excludes halogenated alkanes) is 1. The fourth-order valence-corrected chi connectivity index (χ4v) is 4.48. The highest BCUT2D eigenvalue weighted by Gasteiger charge is 2.39. The highest BCUT2D eigenvalue weighted by molar-refractivity contribution is 7.89. The van der Waals surface area contributed by atoms with E-state index in [0.717, 1.165) is 6.42 Å². The predicted octanol–water partition coefficient (Wildman–Crippen LogP) is 2.45. The average molecular weight is 354 g/mol. The van der Waals surface area contributed by atoms with Gasteiger partial charge in [0.15, 0.2) is 0 Å². The lowest BCUT2D eigenvalue weighted by molar-refractivity contribution is 0.0541. The molecule has 0 aromatic heterocycles. The summed E-state index contributed by atoms with van der Waals surface area (Å²) in [6, 6.07) is 4.55. The Balaban J connectivity index is 2.46. The van der Waals surface area contributed by atoms with Crippen LogP contribution in [0.3, 0.4) is 0 Å². The van der Waals surface area contributed by atoms with Gasteiger partial charge in [0, 0.05) is 24.6 Å². The summed E-state index contributed by atoms with van der Waals surface area (Å²) in [5, 5.41) is 0. The molecule has 2 N–H and O–H groups in total. The van der Waals surface area contributed by atoms with Crippen molar-refractivity contribution in [3.63, 3.8) is 0 Å². The molecule has 0 aliphatic carbocycles. The highest BCUT2D eigenvalue weighted by Crippen LogP contribution is 2.43. The van der Waals surface area contributed by atoms with E-state index in [4.69, 9.17) is 10.5 Å². The number of nitrogens with zero attached hydrogens (tertiary/aromatic N) is 1. The molecule has 7 heteroatoms. The number of hydrogen-bond acceptors (Lipinski definition) is 4. The molecule has 1 aromatic rings. The summed E-state index contributed by atoms with van der Waals surface area (Å²) in [6.07, 6.45) is 1.94. The van der Waals surface area contributed by atoms with Crippen LogP contribution >= 0.6 is 0 Å². The van der Waals surface area contributed by atoms with E-state index in [0.29, 0.717) is 29.7 Å². The van der Waals surface area contributed by atoms with E-state index in [1.165, 1.54) is 4.31 Å². The molecule has 0 saturated carbocycles. The van der Waals surface area contributed by atoms with Crippen LogP contribution in [0, 0.1) is 0 Å². The maximum atomic E-state index is 12.6. The van der Waals surface area contributed by atoms with Gasteiger partial charge in [-0.1, -0.05) is 13.3 Å². The van der Waals surface area contributed by atoms with Crippen molar-refractivity contribution in [2.75, 3.05) is 12.8 Å². The van der Waals surface area contributed by atoms with Gasteiger partial charge in [0.05, 0.1) is 11.8 Å². The molecular weight excluding hydrogens is 328 g/mol. The van der Waals surface area contributed by atoms with Crippen LogP contribution in [0.4, 0.5) is 0 Å². The van der Waals surface area contributed by atoms with Gasteiger partial charge in [-0.25, -0.2) is 8.42 Å². The van der Waals surface area contributed by atoms with Crippen molar-refractivity contribution in [2.24, 2.45) is 5.73 Å². The largest absolute Gasteiger partial charge is 0.487 e. The molecule has 1 aromatic carbocycles. The van der Waals surface area contributed by atoms with Gasteiger partial charge in [-0.05, 0) is 38.5 Å². The summed E-state index contributed by atoms with van der Waals surface area (Å²) in [5.74, 6) is 0.166. The zero-order valence-corrected chi connectivity index (χ0v) is 15.5. The summed E-state index contributed by atoms with van der Waals surface area (Å²) in [5.41, 5.74) is 5.90. The number of fused-ring (bicyclic) bond motifs is 1. The third-order valence-electron chi connectivity index (χ3n) is 4.36. The molecule has 6 nitrogen and oxygen atoms in total. The van der Waals surface area contributed by atoms with Crippen LogP contribution < -0.4 is 10.5 Å². The van der Waals surface area contributed by atoms with E-state index in [2.05, 4.69) is 0 Å². The fraction of sp³-hybridized carbons (Fsp3) is 0.588. The molecule has 2 rings (SSSR count). The van der Waals surface area contributed by atoms with Gasteiger partial charge in [-0.3, -0.25) is 4.79 Å². The van der Waals surface area contributed by atoms with E-state index in [1.807, 2.05) is 20.8 Å². The normalized spacial score (nSPS) is 19.6. The number of carbonyl (C=O) groups is 1. The zero-order valence-electron chi connectivity index (χ0n) is 14.7. The molecule has 1 heterocycles. The lowest BCUT2D eigenvalue weighted by Gasteiger charge is -2.41. The topological polar surface area (TPSA) is 89.7 Å². The third kappa shape index (κ3) is 3.89. The highest BCUT2D eigenvalue weighted by atomic mass is 32.2. The molecule has 1 aliphatic rings. The van der Waals surface area contributed by atoms with Crippen LogP contribution in [-0.4, -0.2) is 37.0 Å². The maximum Gasteiger partial charge on any atom is 0.248 e. The number of carbonyl (C=O) groups excluding carboxylic acids is 1. The Morgan fingerprint density at radius 1 is 1.42 bits per heavy atom. The molecule has 1 amide bonds. The molecule has 1 aliphatic heterocycles. The molecule has 0 radical (unpaired) electrons. The van der Waals surface area contributed by atoms with Gasteiger partial charge in [0.25, 0.3) is 0 Å². The fourth-order valence-electron chi connectivity index (χ4n) is 2.96. The number of rotatable bonds is 6. The van der Waals surface area contributed by atoms with E-state index >= 15 is 0 Å². The zero-order chi connectivity index (χ0) is 18.1. The van der Waals surface area contributed by atoms with E-state index < -0.39 is 21.5 Å². The Kier molecular flexibility index (Phi) is 5.25. The van der Waals surface area contributed by atoms with E-state index in [1.54, 1.807) is 25.2 Å². The number of amides is 1. The number of sulfonamides is 1. The SMILES string of the molecule is CCCCS(=O)(=O)N(C)C1CC(C)(C)Oc2ccc(C(N)=O)cc21. The Morgan fingerprint density at radius 2 is 2.08 bits per heavy atom. The summed E-state index contributed by atoms with van der Waals surface area (Å²) >= 11 is 0. The molecular formula is C17H26N2O4S. The van der Waals surface area contributed by atoms with Crippen molar-refractivity contribution in [3.8, 4) is 5.75 Å². The predicted molar refractivity (Wildman–Crippen MR) is 93.5 cm³/mol. The number of primary amides is 1. The first-order valence-corrected chi connectivity index (χ1v) is 9.77. The third-order valence-corrected chi connectivity index (χ3v) is 6.29. The van der Waals surface area contributed by atoms with Crippen LogP contribution in [0.15, 0.2) is 18.2 Å². The minimum Gasteiger partial charge on any atom is -0.487 e. The lowest BCUT2D eigenvalue weighted by Crippen LogP contribution is -2.42. The summed E-state index contributed by atoms with van der Waals surface area (Å²) in [4.78, 5) is 11.5. The summed E-state index contributed by atoms with van der Waals surface area (Å²) in [7, 11) is -1.79. The van der Waals surface area contributed by atoms with Gasteiger partial charge in [-0.15, -0.1) is 0 Å². The molecule has 134 valence electrons. The van der Waals surface area contributed by atoms with Gasteiger partial charge in [-0.2, -0.15) is 4.31 Å². The molecule has 0 fully saturated rings. The van der Waals surface area contributed by atoms with Gasteiger partial charge in [0.1, 0.15) is 11.4 Å². The Labute approximate surface area is 144 Å². The van der Waals surface area contributed by atoms with Crippen molar-refractivity contribution in [1.82, 2.24) is 4.31 Å². The number of hydrogen-bond donors (Lipinski definition) is 1. The molecule has 0 saturated heterocycles. The van der Waals surface area contributed by atoms with Gasteiger partial charge < -0.3 is 10.5 Å². The molecule has 1 atom stereocenters. The monoisotopic (exact) mass is 354 g/mol. The molecule has 1 unspecified atom stereocenters. The van der Waals surface area contributed by atoms with Crippen LogP contribution in [0.5, 0.6) is 5.75 Å². The van der Waals surface area contributed by atoms with Gasteiger partial charge in [0.2, 0.25) is 15.9 Å². The average Bonchev–Trinajstić information content (AvgIpc) is 2.50. The summed E-state index contributed by atoms with van der Waals surface area (Å²) < 4.78 is 32.6. The number of ether oxygens (including phenoxy) is 1. The second-order valence-corrected chi connectivity index (χ2v) is 9.03. The van der Waals surface area contributed by atoms with Crippen molar-refractivity contribution in [1.29, 1.82) is 0 Å². The number of nitrogens with two attached hydrogens (primary N) is 1. The maximum absolute atomic E-state index is 12.6. The van der Waals surface area contributed by atoms with Crippen LogP contribution in [0.25, 0.3) is 0 Å². The molecule has 0 spiro atoms. The van der Waals surface area contributed by atoms with Crippen LogP contribution in [0.2, 0.25) is 0 Å². The van der Waals surface area contributed by atoms with Crippen molar-refractivity contribution >= 4 is 15.9 Å². The van der Waals surface area contributed by atoms with Crippen LogP contribution in [0.1, 0.15) is 62.0 Å². The molecule has 24 heavy (non-hydrogen) atoms. The van der Waals surface area contributed by atoms with Crippen molar-refractivity contribution in [3.05, 3.63) is 29.3 Å². The number of benzene rings is 1. The minimum absolute atomic E-state index is 0.114. The Morgan fingerprint density at radius 3 is 2.67 bits per heavy atom. The first-order valence-electron chi connectivity index (χ1n) is 8.16. The van der Waals surface area contributed by atoms with Gasteiger partial charge >= 0.3 is 0 Å². The van der Waals surface area contributed by atoms with Crippen molar-refractivity contribution < 1.29 is 17.9 Å². The van der Waals surface area contributed by atoms with E-state index in [-0.39, 0.29) is 11.8 Å². The molecule has 0 bridgehead atoms. The summed E-state index contributed by atoms with van der Waals surface area (Å²) in [6.45, 7) is 5.82. The first kappa shape index (κ1) is 18.7. The second kappa shape index (κ2) is 6.72. The second-order valence-electron chi connectivity index (χ2n) is 6.88. The first-order chi connectivity index (χ1) is 11.1. The standard InChI is InChI=1S/C17H26N2O4S/c1-5-6-9-24(21,22)19(4)14-11-17(2,3)23-15-8-7-12(16(18)20)10-13(14)15/h7-8,10,14H,5-6,9,11H2,1-4H3,(H2,18,20). The smallest absolute Gasteiger partial charge is 0.248 e. The van der Waals surface area contributed by atoms with Crippen molar-refractivity contribution in [2.45, 2.75) is 51.7 Å². The lowest BCUT2D eigenvalue weighted by atomic mass is 9.89.